The summed E-state index contributed by atoms with van der Waals surface area (Å²) in [6.07, 6.45) is 4.50. The number of anilines is 1. The van der Waals surface area contributed by atoms with Crippen LogP contribution in [0.2, 0.25) is 0 Å². The number of aromatic nitrogens is 5. The van der Waals surface area contributed by atoms with Crippen LogP contribution in [0.4, 0.5) is 10.2 Å². The molecular weight excluding hydrogens is 441 g/mol. The molecule has 3 N–H and O–H groups in total. The van der Waals surface area contributed by atoms with Crippen molar-refractivity contribution in [2.75, 3.05) is 25.6 Å². The maximum Gasteiger partial charge on any atom is 0.257 e. The number of aliphatic hydroxyl groups excluding tert-OH is 1. The molecule has 11 heteroatoms. The van der Waals surface area contributed by atoms with Crippen LogP contribution >= 0.6 is 0 Å². The number of pyridine rings is 1. The van der Waals surface area contributed by atoms with Crippen molar-refractivity contribution in [1.29, 1.82) is 0 Å². The fraction of sp³-hybridized carbons (Fsp3) is 0.391. The molecule has 6 rings (SSSR count). The van der Waals surface area contributed by atoms with Crippen LogP contribution in [-0.4, -0.2) is 73.7 Å². The normalized spacial score (nSPS) is 24.4. The first kappa shape index (κ1) is 21.0. The van der Waals surface area contributed by atoms with E-state index in [0.29, 0.717) is 42.3 Å². The minimum Gasteiger partial charge on any atom is -0.388 e. The number of hydrogen-bond acceptors (Lipinski definition) is 7. The highest BCUT2D eigenvalue weighted by Gasteiger charge is 2.33. The maximum atomic E-state index is 13.7. The van der Waals surface area contributed by atoms with Gasteiger partial charge < -0.3 is 25.0 Å². The Balaban J connectivity index is 1.48. The minimum absolute atomic E-state index is 0.258. The van der Waals surface area contributed by atoms with E-state index in [1.54, 1.807) is 17.8 Å². The Morgan fingerprint density at radius 1 is 1.29 bits per heavy atom. The van der Waals surface area contributed by atoms with E-state index in [2.05, 4.69) is 20.7 Å². The molecule has 1 aliphatic heterocycles. The molecule has 0 spiro atoms. The minimum atomic E-state index is -1.02. The van der Waals surface area contributed by atoms with Crippen LogP contribution in [0.15, 0.2) is 36.8 Å². The third-order valence-electron chi connectivity index (χ3n) is 6.72. The summed E-state index contributed by atoms with van der Waals surface area (Å²) in [7, 11) is 1.76. The van der Waals surface area contributed by atoms with Gasteiger partial charge in [-0.15, -0.1) is 0 Å². The van der Waals surface area contributed by atoms with Gasteiger partial charge in [0.15, 0.2) is 5.65 Å². The van der Waals surface area contributed by atoms with Gasteiger partial charge in [0.05, 0.1) is 37.2 Å². The average Bonchev–Trinajstić information content (AvgIpc) is 3.57. The molecule has 4 aromatic heterocycles. The summed E-state index contributed by atoms with van der Waals surface area (Å²) in [5.41, 5.74) is 2.77. The third-order valence-corrected chi connectivity index (χ3v) is 6.72. The highest BCUT2D eigenvalue weighted by molar-refractivity contribution is 6.01. The van der Waals surface area contributed by atoms with Gasteiger partial charge in [-0.25, -0.2) is 14.4 Å². The largest absolute Gasteiger partial charge is 0.388 e. The van der Waals surface area contributed by atoms with Crippen molar-refractivity contribution in [3.05, 3.63) is 42.4 Å². The van der Waals surface area contributed by atoms with E-state index in [1.807, 2.05) is 29.0 Å². The molecule has 0 radical (unpaired) electrons. The van der Waals surface area contributed by atoms with Crippen molar-refractivity contribution >= 4 is 28.4 Å². The molecule has 1 saturated carbocycles. The standard InChI is InChI=1S/C23H24FN7O3/c1-25-20-7-17(28-22-13(8-27-31(20)22)23(33)29-16-5-4-15(16)24)14-9-30(18-10-34-11-19(18)32)21-12(14)3-2-6-26-21/h2-3,6-9,15-16,18-19,25,32H,4-5,10-11H2,1H3,(H,29,33)/t15-,16-,18+,19+/m1/s1. The molecule has 2 fully saturated rings. The highest BCUT2D eigenvalue weighted by Crippen LogP contribution is 2.34. The summed E-state index contributed by atoms with van der Waals surface area (Å²) in [6.45, 7) is 0.661. The van der Waals surface area contributed by atoms with E-state index in [0.717, 1.165) is 10.9 Å². The third kappa shape index (κ3) is 3.23. The second-order valence-electron chi connectivity index (χ2n) is 8.74. The van der Waals surface area contributed by atoms with Crippen LogP contribution in [0, 0.1) is 0 Å². The number of carbonyl (C=O) groups is 1. The molecule has 4 atom stereocenters. The van der Waals surface area contributed by atoms with Crippen LogP contribution in [0.5, 0.6) is 0 Å². The van der Waals surface area contributed by atoms with E-state index in [9.17, 15) is 14.3 Å². The summed E-state index contributed by atoms with van der Waals surface area (Å²) >= 11 is 0. The van der Waals surface area contributed by atoms with Crippen molar-refractivity contribution in [3.63, 3.8) is 0 Å². The Morgan fingerprint density at radius 2 is 2.18 bits per heavy atom. The number of amides is 1. The van der Waals surface area contributed by atoms with Gasteiger partial charge in [-0.1, -0.05) is 0 Å². The summed E-state index contributed by atoms with van der Waals surface area (Å²) < 4.78 is 22.7. The van der Waals surface area contributed by atoms with Crippen molar-refractivity contribution < 1.29 is 19.0 Å². The van der Waals surface area contributed by atoms with E-state index >= 15 is 0 Å². The number of halogens is 1. The molecule has 34 heavy (non-hydrogen) atoms. The lowest BCUT2D eigenvalue weighted by molar-refractivity contribution is 0.0826. The first-order valence-electron chi connectivity index (χ1n) is 11.3. The van der Waals surface area contributed by atoms with Crippen molar-refractivity contribution in [2.45, 2.75) is 37.2 Å². The quantitative estimate of drug-likeness (QED) is 0.412. The van der Waals surface area contributed by atoms with E-state index < -0.39 is 24.2 Å². The fourth-order valence-corrected chi connectivity index (χ4v) is 4.64. The van der Waals surface area contributed by atoms with E-state index in [-0.39, 0.29) is 18.2 Å². The Kier molecular flexibility index (Phi) is 4.96. The summed E-state index contributed by atoms with van der Waals surface area (Å²) in [5.74, 6) is 0.240. The van der Waals surface area contributed by atoms with Gasteiger partial charge in [-0.05, 0) is 25.0 Å². The Morgan fingerprint density at radius 3 is 2.88 bits per heavy atom. The van der Waals surface area contributed by atoms with Gasteiger partial charge in [-0.3, -0.25) is 4.79 Å². The van der Waals surface area contributed by atoms with Gasteiger partial charge in [0, 0.05) is 36.5 Å². The second-order valence-corrected chi connectivity index (χ2v) is 8.74. The van der Waals surface area contributed by atoms with Gasteiger partial charge in [0.25, 0.3) is 5.91 Å². The zero-order valence-corrected chi connectivity index (χ0v) is 18.5. The Bertz CT molecular complexity index is 1400. The van der Waals surface area contributed by atoms with Crippen LogP contribution in [0.25, 0.3) is 27.9 Å². The molecule has 1 saturated heterocycles. The van der Waals surface area contributed by atoms with E-state index in [4.69, 9.17) is 9.72 Å². The average molecular weight is 465 g/mol. The predicted octanol–water partition coefficient (Wildman–Crippen LogP) is 1.95. The number of alkyl halides is 1. The molecule has 4 aromatic rings. The monoisotopic (exact) mass is 465 g/mol. The molecule has 5 heterocycles. The molecular formula is C23H24FN7O3. The highest BCUT2D eigenvalue weighted by atomic mass is 19.1. The van der Waals surface area contributed by atoms with Crippen LogP contribution in [-0.2, 0) is 4.74 Å². The Labute approximate surface area is 193 Å². The number of nitrogens with one attached hydrogen (secondary N) is 2. The first-order valence-corrected chi connectivity index (χ1v) is 11.3. The number of fused-ring (bicyclic) bond motifs is 2. The maximum absolute atomic E-state index is 13.7. The van der Waals surface area contributed by atoms with Crippen LogP contribution in [0.3, 0.4) is 0 Å². The fourth-order valence-electron chi connectivity index (χ4n) is 4.64. The number of ether oxygens (including phenoxy) is 1. The molecule has 0 unspecified atom stereocenters. The molecule has 176 valence electrons. The summed E-state index contributed by atoms with van der Waals surface area (Å²) in [5, 5.41) is 21.5. The Hall–Kier alpha value is -3.57. The smallest absolute Gasteiger partial charge is 0.257 e. The number of hydrogen-bond donors (Lipinski definition) is 3. The first-order chi connectivity index (χ1) is 16.5. The van der Waals surface area contributed by atoms with Gasteiger partial charge >= 0.3 is 0 Å². The van der Waals surface area contributed by atoms with E-state index in [1.165, 1.54) is 6.20 Å². The molecule has 1 amide bonds. The molecule has 0 aromatic carbocycles. The lowest BCUT2D eigenvalue weighted by atomic mass is 9.90. The second kappa shape index (κ2) is 8.03. The van der Waals surface area contributed by atoms with Gasteiger partial charge in [-0.2, -0.15) is 9.61 Å². The van der Waals surface area contributed by atoms with Crippen molar-refractivity contribution in [1.82, 2.24) is 29.5 Å². The molecule has 10 nitrogen and oxygen atoms in total. The number of nitrogens with zero attached hydrogens (tertiary/aromatic N) is 5. The topological polar surface area (TPSA) is 119 Å². The van der Waals surface area contributed by atoms with Gasteiger partial charge in [0.1, 0.15) is 29.3 Å². The molecule has 0 bridgehead atoms. The number of carbonyl (C=O) groups excluding carboxylic acids is 1. The summed E-state index contributed by atoms with van der Waals surface area (Å²) in [4.78, 5) is 22.2. The number of aliphatic hydroxyl groups is 1. The van der Waals surface area contributed by atoms with Crippen LogP contribution < -0.4 is 10.6 Å². The van der Waals surface area contributed by atoms with Crippen molar-refractivity contribution in [2.24, 2.45) is 0 Å². The lowest BCUT2D eigenvalue weighted by Crippen LogP contribution is -2.48. The van der Waals surface area contributed by atoms with Gasteiger partial charge in [0.2, 0.25) is 0 Å². The SMILES string of the molecule is CNc1cc(-c2cn([C@H]3COC[C@@H]3O)c3ncccc23)nc2c(C(=O)N[C@@H]3CC[C@H]3F)cnn12. The molecule has 2 aliphatic rings. The zero-order chi connectivity index (χ0) is 23.4. The van der Waals surface area contributed by atoms with Crippen molar-refractivity contribution in [3.8, 4) is 11.3 Å². The number of rotatable bonds is 5. The zero-order valence-electron chi connectivity index (χ0n) is 18.5. The van der Waals surface area contributed by atoms with Crippen LogP contribution in [0.1, 0.15) is 29.2 Å². The summed E-state index contributed by atoms with van der Waals surface area (Å²) in [6, 6.07) is 4.91. The molecule has 1 aliphatic carbocycles. The lowest BCUT2D eigenvalue weighted by Gasteiger charge is -2.30. The predicted molar refractivity (Wildman–Crippen MR) is 123 cm³/mol.